The van der Waals surface area contributed by atoms with Gasteiger partial charge in [0.05, 0.1) is 11.7 Å². The Morgan fingerprint density at radius 2 is 1.88 bits per heavy atom. The molecule has 0 radical (unpaired) electrons. The molecule has 0 aromatic carbocycles. The molecule has 0 bridgehead atoms. The third-order valence-electron chi connectivity index (χ3n) is 4.21. The van der Waals surface area contributed by atoms with Gasteiger partial charge >= 0.3 is 0 Å². The fourth-order valence-corrected chi connectivity index (χ4v) is 3.10. The molecule has 1 heterocycles. The van der Waals surface area contributed by atoms with Crippen LogP contribution in [0, 0.1) is 11.3 Å². The molecule has 1 saturated heterocycles. The fourth-order valence-electron chi connectivity index (χ4n) is 3.10. The molecule has 2 heteroatoms. The third kappa shape index (κ3) is 1.82. The largest absolute Gasteiger partial charge is 0.344 e. The Balaban J connectivity index is 2.27. The summed E-state index contributed by atoms with van der Waals surface area (Å²) in [6.45, 7) is 14.9. The Morgan fingerprint density at radius 3 is 2.44 bits per heavy atom. The van der Waals surface area contributed by atoms with E-state index < -0.39 is 0 Å². The van der Waals surface area contributed by atoms with E-state index in [1.165, 1.54) is 12.8 Å². The van der Waals surface area contributed by atoms with Crippen LogP contribution in [0.1, 0.15) is 47.5 Å². The van der Waals surface area contributed by atoms with Crippen molar-refractivity contribution in [3.05, 3.63) is 12.2 Å². The van der Waals surface area contributed by atoms with Crippen molar-refractivity contribution in [3.63, 3.8) is 0 Å². The lowest BCUT2D eigenvalue weighted by atomic mass is 9.80. The van der Waals surface area contributed by atoms with Crippen molar-refractivity contribution in [1.29, 1.82) is 0 Å². The first kappa shape index (κ1) is 12.1. The Kier molecular flexibility index (Phi) is 2.71. The van der Waals surface area contributed by atoms with E-state index in [0.717, 1.165) is 5.57 Å². The zero-order chi connectivity index (χ0) is 12.1. The van der Waals surface area contributed by atoms with Crippen LogP contribution >= 0.6 is 0 Å². The van der Waals surface area contributed by atoms with Crippen LogP contribution in [0.25, 0.3) is 0 Å². The van der Waals surface area contributed by atoms with E-state index in [9.17, 15) is 0 Å². The summed E-state index contributed by atoms with van der Waals surface area (Å²) in [6.07, 6.45) is 2.50. The lowest BCUT2D eigenvalue weighted by Crippen LogP contribution is -2.53. The van der Waals surface area contributed by atoms with Crippen molar-refractivity contribution in [2.24, 2.45) is 11.3 Å². The van der Waals surface area contributed by atoms with Gasteiger partial charge in [0.15, 0.2) is 6.29 Å². The Labute approximate surface area is 99.0 Å². The zero-order valence-corrected chi connectivity index (χ0v) is 11.2. The van der Waals surface area contributed by atoms with Gasteiger partial charge in [-0.1, -0.05) is 20.4 Å². The Morgan fingerprint density at radius 1 is 1.25 bits per heavy atom. The molecule has 0 amide bonds. The molecule has 16 heavy (non-hydrogen) atoms. The molecule has 1 aliphatic carbocycles. The predicted molar refractivity (Wildman–Crippen MR) is 65.1 cm³/mol. The van der Waals surface area contributed by atoms with Crippen LogP contribution in [-0.2, 0) is 9.47 Å². The highest BCUT2D eigenvalue weighted by atomic mass is 16.7. The van der Waals surface area contributed by atoms with E-state index >= 15 is 0 Å². The lowest BCUT2D eigenvalue weighted by molar-refractivity contribution is -0.291. The molecule has 0 aromatic rings. The average molecular weight is 224 g/mol. The third-order valence-corrected chi connectivity index (χ3v) is 4.21. The van der Waals surface area contributed by atoms with Crippen molar-refractivity contribution in [1.82, 2.24) is 0 Å². The molecule has 2 fully saturated rings. The molecule has 0 spiro atoms. The molecular formula is C14H24O2. The quantitative estimate of drug-likeness (QED) is 0.634. The van der Waals surface area contributed by atoms with Gasteiger partial charge in [0.2, 0.25) is 0 Å². The second-order valence-corrected chi connectivity index (χ2v) is 6.59. The first-order chi connectivity index (χ1) is 7.24. The van der Waals surface area contributed by atoms with Crippen molar-refractivity contribution >= 4 is 0 Å². The fraction of sp³-hybridized carbons (Fsp3) is 0.857. The van der Waals surface area contributed by atoms with Gasteiger partial charge in [0.1, 0.15) is 0 Å². The summed E-state index contributed by atoms with van der Waals surface area (Å²) in [7, 11) is 0. The van der Waals surface area contributed by atoms with E-state index in [-0.39, 0.29) is 17.3 Å². The number of ether oxygens (including phenoxy) is 2. The maximum atomic E-state index is 6.10. The summed E-state index contributed by atoms with van der Waals surface area (Å²) in [4.78, 5) is 0. The zero-order valence-electron chi connectivity index (χ0n) is 11.2. The summed E-state index contributed by atoms with van der Waals surface area (Å²) in [5.74, 6) is 0.512. The average Bonchev–Trinajstić information content (AvgIpc) is 2.42. The van der Waals surface area contributed by atoms with Gasteiger partial charge in [0, 0.05) is 5.92 Å². The highest BCUT2D eigenvalue weighted by Crippen LogP contribution is 2.52. The summed E-state index contributed by atoms with van der Waals surface area (Å²) in [5.41, 5.74) is 1.13. The first-order valence-electron chi connectivity index (χ1n) is 6.23. The minimum absolute atomic E-state index is 0.0969. The minimum atomic E-state index is -0.228. The Bertz CT molecular complexity index is 304. The van der Waals surface area contributed by atoms with Crippen molar-refractivity contribution < 1.29 is 9.47 Å². The highest BCUT2D eigenvalue weighted by molar-refractivity contribution is 5.05. The first-order valence-corrected chi connectivity index (χ1v) is 6.23. The normalized spacial score (nSPS) is 40.4. The molecule has 1 aliphatic heterocycles. The van der Waals surface area contributed by atoms with E-state index in [2.05, 4.69) is 34.3 Å². The van der Waals surface area contributed by atoms with E-state index in [0.29, 0.717) is 12.0 Å². The molecule has 3 atom stereocenters. The van der Waals surface area contributed by atoms with Crippen molar-refractivity contribution in [2.75, 3.05) is 0 Å². The van der Waals surface area contributed by atoms with Crippen LogP contribution in [0.3, 0.4) is 0 Å². The van der Waals surface area contributed by atoms with Gasteiger partial charge in [-0.2, -0.15) is 0 Å². The topological polar surface area (TPSA) is 18.5 Å². The van der Waals surface area contributed by atoms with Gasteiger partial charge in [-0.05, 0) is 44.6 Å². The molecule has 2 rings (SSSR count). The maximum Gasteiger partial charge on any atom is 0.180 e. The minimum Gasteiger partial charge on any atom is -0.344 e. The van der Waals surface area contributed by atoms with Crippen LogP contribution in [0.5, 0.6) is 0 Å². The molecule has 0 N–H and O–H groups in total. The Hall–Kier alpha value is -0.340. The number of hydrogen-bond acceptors (Lipinski definition) is 2. The second kappa shape index (κ2) is 3.58. The molecule has 92 valence electrons. The summed E-state index contributed by atoms with van der Waals surface area (Å²) < 4.78 is 12.1. The summed E-state index contributed by atoms with van der Waals surface area (Å²) >= 11 is 0. The maximum absolute atomic E-state index is 6.10. The van der Waals surface area contributed by atoms with Crippen molar-refractivity contribution in [2.45, 2.75) is 65.5 Å². The van der Waals surface area contributed by atoms with Crippen LogP contribution < -0.4 is 0 Å². The molecular weight excluding hydrogens is 200 g/mol. The monoisotopic (exact) mass is 224 g/mol. The van der Waals surface area contributed by atoms with E-state index in [4.69, 9.17) is 9.47 Å². The highest BCUT2D eigenvalue weighted by Gasteiger charge is 2.54. The van der Waals surface area contributed by atoms with Crippen LogP contribution in [-0.4, -0.2) is 18.0 Å². The summed E-state index contributed by atoms with van der Waals surface area (Å²) in [5, 5.41) is 0. The van der Waals surface area contributed by atoms with Gasteiger partial charge in [-0.15, -0.1) is 0 Å². The molecule has 2 nitrogen and oxygen atoms in total. The summed E-state index contributed by atoms with van der Waals surface area (Å²) in [6, 6.07) is 0. The number of rotatable bonds is 1. The van der Waals surface area contributed by atoms with Gasteiger partial charge < -0.3 is 9.47 Å². The number of hydrogen-bond donors (Lipinski definition) is 0. The van der Waals surface area contributed by atoms with Crippen molar-refractivity contribution in [3.8, 4) is 0 Å². The standard InChI is InChI=1S/C14H24O2/c1-9(2)12-15-11-10(14(5,6)16-12)7-8-13(11,3)4/h10-12H,1,7-8H2,2-6H3/t10-,11+,12-/m0/s1. The SMILES string of the molecule is C=C(C)[C@H]1O[C@@H]2[C@H](CCC2(C)C)C(C)(C)O1. The second-order valence-electron chi connectivity index (χ2n) is 6.59. The molecule has 1 saturated carbocycles. The van der Waals surface area contributed by atoms with E-state index in [1.807, 2.05) is 6.92 Å². The van der Waals surface area contributed by atoms with Crippen LogP contribution in [0.2, 0.25) is 0 Å². The molecule has 0 aromatic heterocycles. The number of fused-ring (bicyclic) bond motifs is 1. The van der Waals surface area contributed by atoms with Gasteiger partial charge in [-0.25, -0.2) is 0 Å². The van der Waals surface area contributed by atoms with Gasteiger partial charge in [-0.3, -0.25) is 0 Å². The van der Waals surface area contributed by atoms with E-state index in [1.54, 1.807) is 0 Å². The lowest BCUT2D eigenvalue weighted by Gasteiger charge is -2.47. The van der Waals surface area contributed by atoms with Gasteiger partial charge in [0.25, 0.3) is 0 Å². The van der Waals surface area contributed by atoms with Crippen LogP contribution in [0.15, 0.2) is 12.2 Å². The molecule has 0 unspecified atom stereocenters. The smallest absolute Gasteiger partial charge is 0.180 e. The molecule has 2 aliphatic rings. The predicted octanol–water partition coefficient (Wildman–Crippen LogP) is 3.52. The van der Waals surface area contributed by atoms with Crippen LogP contribution in [0.4, 0.5) is 0 Å².